The lowest BCUT2D eigenvalue weighted by molar-refractivity contribution is 0.257. The van der Waals surface area contributed by atoms with Crippen LogP contribution < -0.4 is 0 Å². The second-order valence-electron chi connectivity index (χ2n) is 5.32. The molecule has 0 saturated heterocycles. The monoisotopic (exact) mass is 310 g/mol. The third-order valence-electron chi connectivity index (χ3n) is 3.56. The van der Waals surface area contributed by atoms with Gasteiger partial charge in [-0.25, -0.2) is 8.42 Å². The van der Waals surface area contributed by atoms with Crippen LogP contribution in [0, 0.1) is 11.8 Å². The number of hydrogen-bond acceptors (Lipinski definition) is 4. The fraction of sp³-hybridized carbons (Fsp3) is 0.533. The van der Waals surface area contributed by atoms with Crippen LogP contribution in [-0.4, -0.2) is 42.0 Å². The molecule has 0 fully saturated rings. The fourth-order valence-corrected chi connectivity index (χ4v) is 3.12. The van der Waals surface area contributed by atoms with Crippen LogP contribution in [0.3, 0.4) is 0 Å². The van der Waals surface area contributed by atoms with E-state index in [0.717, 1.165) is 0 Å². The van der Waals surface area contributed by atoms with Gasteiger partial charge in [-0.05, 0) is 26.3 Å². The van der Waals surface area contributed by atoms with Crippen molar-refractivity contribution >= 4 is 10.0 Å². The first-order valence-electron chi connectivity index (χ1n) is 6.79. The first-order valence-corrected chi connectivity index (χ1v) is 8.23. The number of aromatic nitrogens is 1. The molecule has 1 heterocycles. The molecule has 0 radical (unpaired) electrons. The molecule has 0 aromatic carbocycles. The van der Waals surface area contributed by atoms with Crippen LogP contribution in [-0.2, 0) is 10.0 Å². The molecule has 0 atom stereocenters. The summed E-state index contributed by atoms with van der Waals surface area (Å²) in [7, 11) is -2.04. The number of hydrogen-bond donors (Lipinski definition) is 1. The zero-order valence-corrected chi connectivity index (χ0v) is 13.7. The first kappa shape index (κ1) is 17.6. The molecule has 0 spiro atoms. The van der Waals surface area contributed by atoms with Gasteiger partial charge in [0.05, 0.1) is 6.61 Å². The summed E-state index contributed by atoms with van der Waals surface area (Å²) in [6, 6.07) is 1.51. The van der Waals surface area contributed by atoms with E-state index in [9.17, 15) is 8.42 Å². The summed E-state index contributed by atoms with van der Waals surface area (Å²) in [5, 5.41) is 8.70. The number of aliphatic hydroxyl groups excluding tert-OH is 1. The summed E-state index contributed by atoms with van der Waals surface area (Å²) in [6.45, 7) is 5.68. The highest BCUT2D eigenvalue weighted by Gasteiger charge is 2.32. The molecule has 0 aliphatic carbocycles. The predicted molar refractivity (Wildman–Crippen MR) is 82.1 cm³/mol. The number of sulfonamides is 1. The number of rotatable bonds is 5. The van der Waals surface area contributed by atoms with Crippen LogP contribution in [0.1, 0.15) is 39.2 Å². The SMILES string of the molecule is CCC(C)(C)N(C)S(=O)(=O)c1cncc(C#CCCO)c1. The maximum absolute atomic E-state index is 12.6. The molecule has 5 nitrogen and oxygen atoms in total. The van der Waals surface area contributed by atoms with Crippen molar-refractivity contribution in [1.29, 1.82) is 0 Å². The Morgan fingerprint density at radius 3 is 2.62 bits per heavy atom. The Morgan fingerprint density at radius 1 is 1.38 bits per heavy atom. The van der Waals surface area contributed by atoms with Crippen molar-refractivity contribution in [3.05, 3.63) is 24.0 Å². The first-order chi connectivity index (χ1) is 9.75. The quantitative estimate of drug-likeness (QED) is 0.839. The van der Waals surface area contributed by atoms with E-state index in [0.29, 0.717) is 18.4 Å². The topological polar surface area (TPSA) is 70.5 Å². The van der Waals surface area contributed by atoms with Crippen molar-refractivity contribution in [3.8, 4) is 11.8 Å². The molecule has 6 heteroatoms. The Morgan fingerprint density at radius 2 is 2.05 bits per heavy atom. The maximum Gasteiger partial charge on any atom is 0.244 e. The number of nitrogens with zero attached hydrogens (tertiary/aromatic N) is 2. The molecule has 0 aliphatic rings. The van der Waals surface area contributed by atoms with Gasteiger partial charge in [-0.1, -0.05) is 18.8 Å². The molecule has 0 bridgehead atoms. The van der Waals surface area contributed by atoms with Crippen LogP contribution in [0.5, 0.6) is 0 Å². The van der Waals surface area contributed by atoms with E-state index in [2.05, 4.69) is 16.8 Å². The Labute approximate surface area is 127 Å². The van der Waals surface area contributed by atoms with Gasteiger partial charge in [-0.2, -0.15) is 4.31 Å². The normalized spacial score (nSPS) is 12.1. The Kier molecular flexibility index (Phi) is 5.90. The highest BCUT2D eigenvalue weighted by Crippen LogP contribution is 2.25. The second kappa shape index (κ2) is 7.03. The molecule has 1 aromatic rings. The molecule has 116 valence electrons. The predicted octanol–water partition coefficient (Wildman–Crippen LogP) is 1.62. The lowest BCUT2D eigenvalue weighted by Crippen LogP contribution is -2.44. The third kappa shape index (κ3) is 4.27. The molecular formula is C15H22N2O3S. The van der Waals surface area contributed by atoms with E-state index >= 15 is 0 Å². The molecule has 0 aliphatic heterocycles. The van der Waals surface area contributed by atoms with Crippen molar-refractivity contribution in [1.82, 2.24) is 9.29 Å². The van der Waals surface area contributed by atoms with E-state index in [1.807, 2.05) is 20.8 Å². The molecule has 21 heavy (non-hydrogen) atoms. The van der Waals surface area contributed by atoms with Gasteiger partial charge in [0.1, 0.15) is 4.90 Å². The van der Waals surface area contributed by atoms with E-state index < -0.39 is 15.6 Å². The van der Waals surface area contributed by atoms with Gasteiger partial charge in [0.2, 0.25) is 10.0 Å². The molecule has 1 N–H and O–H groups in total. The largest absolute Gasteiger partial charge is 0.395 e. The lowest BCUT2D eigenvalue weighted by Gasteiger charge is -2.33. The zero-order chi connectivity index (χ0) is 16.1. The Balaban J connectivity index is 3.16. The van der Waals surface area contributed by atoms with Gasteiger partial charge in [-0.3, -0.25) is 4.98 Å². The van der Waals surface area contributed by atoms with Crippen molar-refractivity contribution in [2.45, 2.75) is 44.0 Å². The molecule has 0 saturated carbocycles. The summed E-state index contributed by atoms with van der Waals surface area (Å²) in [4.78, 5) is 4.08. The van der Waals surface area contributed by atoms with Gasteiger partial charge in [0, 0.05) is 37.0 Å². The Bertz CT molecular complexity index is 642. The van der Waals surface area contributed by atoms with Crippen molar-refractivity contribution < 1.29 is 13.5 Å². The van der Waals surface area contributed by atoms with Gasteiger partial charge < -0.3 is 5.11 Å². The standard InChI is InChI=1S/C15H22N2O3S/c1-5-15(2,3)17(4)21(19,20)14-10-13(11-16-12-14)8-6-7-9-18/h10-12,18H,5,7,9H2,1-4H3. The minimum atomic E-state index is -3.61. The lowest BCUT2D eigenvalue weighted by atomic mass is 10.0. The second-order valence-corrected chi connectivity index (χ2v) is 7.29. The van der Waals surface area contributed by atoms with Crippen molar-refractivity contribution in [2.75, 3.05) is 13.7 Å². The summed E-state index contributed by atoms with van der Waals surface area (Å²) >= 11 is 0. The molecule has 0 amide bonds. The van der Waals surface area contributed by atoms with Gasteiger partial charge >= 0.3 is 0 Å². The van der Waals surface area contributed by atoms with Crippen LogP contribution in [0.2, 0.25) is 0 Å². The van der Waals surface area contributed by atoms with Crippen molar-refractivity contribution in [2.24, 2.45) is 0 Å². The fourth-order valence-electron chi connectivity index (χ4n) is 1.55. The van der Waals surface area contributed by atoms with Crippen LogP contribution in [0.25, 0.3) is 0 Å². The molecule has 1 aromatic heterocycles. The summed E-state index contributed by atoms with van der Waals surface area (Å²) in [5.41, 5.74) is 0.0458. The average Bonchev–Trinajstić information content (AvgIpc) is 2.47. The van der Waals surface area contributed by atoms with E-state index in [-0.39, 0.29) is 11.5 Å². The van der Waals surface area contributed by atoms with Crippen molar-refractivity contribution in [3.63, 3.8) is 0 Å². The molecule has 0 unspecified atom stereocenters. The summed E-state index contributed by atoms with van der Waals surface area (Å²) < 4.78 is 26.6. The summed E-state index contributed by atoms with van der Waals surface area (Å²) in [5.74, 6) is 5.55. The van der Waals surface area contributed by atoms with Gasteiger partial charge in [0.15, 0.2) is 0 Å². The van der Waals surface area contributed by atoms with E-state index in [1.165, 1.54) is 22.8 Å². The molecular weight excluding hydrogens is 288 g/mol. The zero-order valence-electron chi connectivity index (χ0n) is 12.9. The highest BCUT2D eigenvalue weighted by molar-refractivity contribution is 7.89. The number of pyridine rings is 1. The van der Waals surface area contributed by atoms with Gasteiger partial charge in [0.25, 0.3) is 0 Å². The average molecular weight is 310 g/mol. The highest BCUT2D eigenvalue weighted by atomic mass is 32.2. The number of aliphatic hydroxyl groups is 1. The van der Waals surface area contributed by atoms with Crippen LogP contribution >= 0.6 is 0 Å². The van der Waals surface area contributed by atoms with E-state index in [1.54, 1.807) is 7.05 Å². The minimum absolute atomic E-state index is 0.0220. The maximum atomic E-state index is 12.6. The van der Waals surface area contributed by atoms with Crippen LogP contribution in [0.4, 0.5) is 0 Å². The smallest absolute Gasteiger partial charge is 0.244 e. The minimum Gasteiger partial charge on any atom is -0.395 e. The van der Waals surface area contributed by atoms with Crippen LogP contribution in [0.15, 0.2) is 23.4 Å². The van der Waals surface area contributed by atoms with Gasteiger partial charge in [-0.15, -0.1) is 0 Å². The third-order valence-corrected chi connectivity index (χ3v) is 5.59. The Hall–Kier alpha value is -1.42. The molecule has 1 rings (SSSR count). The van der Waals surface area contributed by atoms with E-state index in [4.69, 9.17) is 5.11 Å². The summed E-state index contributed by atoms with van der Waals surface area (Å²) in [6.07, 6.45) is 3.88.